The Kier molecular flexibility index (Phi) is 2.35. The molecule has 0 saturated carbocycles. The first kappa shape index (κ1) is 10.3. The van der Waals surface area contributed by atoms with Gasteiger partial charge in [0.2, 0.25) is 5.90 Å². The topological polar surface area (TPSA) is 41.9 Å². The second-order valence-electron chi connectivity index (χ2n) is 4.33. The first-order valence-electron chi connectivity index (χ1n) is 5.84. The summed E-state index contributed by atoms with van der Waals surface area (Å²) >= 11 is 0. The lowest BCUT2D eigenvalue weighted by atomic mass is 10.1. The van der Waals surface area contributed by atoms with E-state index in [9.17, 15) is 4.79 Å². The number of hydrogen-bond acceptors (Lipinski definition) is 3. The van der Waals surface area contributed by atoms with Crippen molar-refractivity contribution in [1.29, 1.82) is 0 Å². The maximum Gasteiger partial charge on any atom is 0.256 e. The zero-order valence-electron chi connectivity index (χ0n) is 9.72. The molecule has 3 rings (SSSR count). The van der Waals surface area contributed by atoms with Crippen LogP contribution in [-0.2, 0) is 4.74 Å². The average molecular weight is 230 g/mol. The predicted octanol–water partition coefficient (Wildman–Crippen LogP) is 1.98. The van der Waals surface area contributed by atoms with E-state index in [1.807, 2.05) is 29.2 Å². The summed E-state index contributed by atoms with van der Waals surface area (Å²) in [7, 11) is 1.62. The van der Waals surface area contributed by atoms with Gasteiger partial charge in [-0.1, -0.05) is 12.1 Å². The van der Waals surface area contributed by atoms with Crippen molar-refractivity contribution in [2.45, 2.75) is 18.9 Å². The second kappa shape index (κ2) is 3.87. The molecule has 0 N–H and O–H groups in total. The van der Waals surface area contributed by atoms with E-state index < -0.39 is 0 Å². The number of rotatable bonds is 0. The maximum absolute atomic E-state index is 12.4. The zero-order chi connectivity index (χ0) is 11.8. The Balaban J connectivity index is 2.15. The first-order chi connectivity index (χ1) is 8.31. The lowest BCUT2D eigenvalue weighted by molar-refractivity contribution is 0.0763. The lowest BCUT2D eigenvalue weighted by Gasteiger charge is -2.22. The van der Waals surface area contributed by atoms with Gasteiger partial charge in [-0.05, 0) is 25.0 Å². The normalized spacial score (nSPS) is 22.6. The van der Waals surface area contributed by atoms with Crippen LogP contribution in [0.4, 0.5) is 5.69 Å². The summed E-state index contributed by atoms with van der Waals surface area (Å²) in [6, 6.07) is 7.46. The molecule has 0 bridgehead atoms. The highest BCUT2D eigenvalue weighted by Crippen LogP contribution is 2.30. The summed E-state index contributed by atoms with van der Waals surface area (Å²) < 4.78 is 5.35. The van der Waals surface area contributed by atoms with Crippen molar-refractivity contribution < 1.29 is 9.53 Å². The Bertz CT molecular complexity index is 496. The summed E-state index contributed by atoms with van der Waals surface area (Å²) in [5.74, 6) is 0.722. The van der Waals surface area contributed by atoms with Gasteiger partial charge in [-0.15, -0.1) is 0 Å². The van der Waals surface area contributed by atoms with Gasteiger partial charge in [0.05, 0.1) is 18.4 Å². The van der Waals surface area contributed by atoms with Crippen molar-refractivity contribution in [1.82, 2.24) is 4.90 Å². The summed E-state index contributed by atoms with van der Waals surface area (Å²) in [6.45, 7) is 0.792. The van der Waals surface area contributed by atoms with Crippen LogP contribution in [-0.4, -0.2) is 36.4 Å². The number of carbonyl (C=O) groups is 1. The van der Waals surface area contributed by atoms with Crippen molar-refractivity contribution in [3.05, 3.63) is 29.8 Å². The fraction of sp³-hybridized carbons (Fsp3) is 0.385. The van der Waals surface area contributed by atoms with Crippen LogP contribution < -0.4 is 0 Å². The Morgan fingerprint density at radius 2 is 2.24 bits per heavy atom. The number of benzene rings is 1. The molecule has 1 fully saturated rings. The Hall–Kier alpha value is -1.84. The van der Waals surface area contributed by atoms with Crippen LogP contribution >= 0.6 is 0 Å². The third kappa shape index (κ3) is 1.52. The minimum atomic E-state index is 0.0138. The molecule has 2 aliphatic rings. The Morgan fingerprint density at radius 3 is 3.06 bits per heavy atom. The molecule has 1 aromatic rings. The van der Waals surface area contributed by atoms with Gasteiger partial charge in [0, 0.05) is 6.54 Å². The van der Waals surface area contributed by atoms with Crippen LogP contribution in [0.2, 0.25) is 0 Å². The molecule has 4 heteroatoms. The third-order valence-corrected chi connectivity index (χ3v) is 3.37. The number of para-hydroxylation sites is 1. The molecule has 1 atom stereocenters. The molecule has 2 heterocycles. The van der Waals surface area contributed by atoms with Gasteiger partial charge >= 0.3 is 0 Å². The second-order valence-corrected chi connectivity index (χ2v) is 4.33. The van der Waals surface area contributed by atoms with Gasteiger partial charge in [0.1, 0.15) is 6.04 Å². The van der Waals surface area contributed by atoms with Crippen molar-refractivity contribution in [3.63, 3.8) is 0 Å². The third-order valence-electron chi connectivity index (χ3n) is 3.37. The van der Waals surface area contributed by atoms with Crippen molar-refractivity contribution in [2.24, 2.45) is 4.99 Å². The minimum Gasteiger partial charge on any atom is -0.483 e. The van der Waals surface area contributed by atoms with Gasteiger partial charge in [-0.3, -0.25) is 4.79 Å². The molecule has 1 aromatic carbocycles. The minimum absolute atomic E-state index is 0.0138. The standard InChI is InChI=1S/C13H14N2O2/c1-17-12-11-7-4-8-15(11)13(16)9-5-2-3-6-10(9)14-12/h2-3,5-6,11H,4,7-8H2,1H3/t11-/m1/s1. The molecule has 0 radical (unpaired) electrons. The van der Waals surface area contributed by atoms with E-state index in [0.29, 0.717) is 17.1 Å². The molecule has 0 aliphatic carbocycles. The van der Waals surface area contributed by atoms with E-state index in [4.69, 9.17) is 4.74 Å². The molecule has 1 amide bonds. The van der Waals surface area contributed by atoms with Gasteiger partial charge in [0.15, 0.2) is 0 Å². The number of nitrogens with zero attached hydrogens (tertiary/aromatic N) is 2. The highest BCUT2D eigenvalue weighted by molar-refractivity contribution is 6.04. The molecule has 2 aliphatic heterocycles. The molecule has 0 spiro atoms. The highest BCUT2D eigenvalue weighted by Gasteiger charge is 2.36. The molecule has 1 saturated heterocycles. The number of hydrogen-bond donors (Lipinski definition) is 0. The van der Waals surface area contributed by atoms with Crippen LogP contribution in [0.25, 0.3) is 0 Å². The molecule has 0 unspecified atom stereocenters. The quantitative estimate of drug-likeness (QED) is 0.684. The zero-order valence-corrected chi connectivity index (χ0v) is 9.72. The molecule has 17 heavy (non-hydrogen) atoms. The van der Waals surface area contributed by atoms with E-state index in [0.717, 1.165) is 19.4 Å². The van der Waals surface area contributed by atoms with Crippen LogP contribution in [0.5, 0.6) is 0 Å². The Morgan fingerprint density at radius 1 is 1.41 bits per heavy atom. The molecular formula is C13H14N2O2. The molecule has 0 aromatic heterocycles. The van der Waals surface area contributed by atoms with E-state index in [-0.39, 0.29) is 11.9 Å². The molecule has 88 valence electrons. The van der Waals surface area contributed by atoms with Crippen molar-refractivity contribution in [2.75, 3.05) is 13.7 Å². The van der Waals surface area contributed by atoms with Crippen molar-refractivity contribution >= 4 is 17.5 Å². The summed E-state index contributed by atoms with van der Waals surface area (Å²) in [4.78, 5) is 18.7. The average Bonchev–Trinajstić information content (AvgIpc) is 2.81. The monoisotopic (exact) mass is 230 g/mol. The molecule has 4 nitrogen and oxygen atoms in total. The smallest absolute Gasteiger partial charge is 0.256 e. The fourth-order valence-electron chi connectivity index (χ4n) is 2.55. The van der Waals surface area contributed by atoms with Crippen LogP contribution in [0.1, 0.15) is 23.2 Å². The van der Waals surface area contributed by atoms with Gasteiger partial charge in [0.25, 0.3) is 5.91 Å². The van der Waals surface area contributed by atoms with E-state index in [2.05, 4.69) is 4.99 Å². The summed E-state index contributed by atoms with van der Waals surface area (Å²) in [5.41, 5.74) is 1.38. The van der Waals surface area contributed by atoms with Gasteiger partial charge in [-0.25, -0.2) is 4.99 Å². The van der Waals surface area contributed by atoms with E-state index >= 15 is 0 Å². The summed E-state index contributed by atoms with van der Waals surface area (Å²) in [5, 5.41) is 0. The summed E-state index contributed by atoms with van der Waals surface area (Å²) in [6.07, 6.45) is 1.95. The number of aliphatic imine (C=N–C) groups is 1. The maximum atomic E-state index is 12.4. The highest BCUT2D eigenvalue weighted by atomic mass is 16.5. The van der Waals surface area contributed by atoms with E-state index in [1.54, 1.807) is 7.11 Å². The number of ether oxygens (including phenoxy) is 1. The number of fused-ring (bicyclic) bond motifs is 2. The number of methoxy groups -OCH3 is 1. The number of carbonyl (C=O) groups excluding carboxylic acids is 1. The van der Waals surface area contributed by atoms with Crippen LogP contribution in [0, 0.1) is 0 Å². The van der Waals surface area contributed by atoms with Gasteiger partial charge in [-0.2, -0.15) is 0 Å². The SMILES string of the molecule is COC1=Nc2ccccc2C(=O)N2CCC[C@H]12. The lowest BCUT2D eigenvalue weighted by Crippen LogP contribution is -2.39. The fourth-order valence-corrected chi connectivity index (χ4v) is 2.55. The number of amides is 1. The predicted molar refractivity (Wildman–Crippen MR) is 64.6 cm³/mol. The van der Waals surface area contributed by atoms with E-state index in [1.165, 1.54) is 0 Å². The first-order valence-corrected chi connectivity index (χ1v) is 5.84. The van der Waals surface area contributed by atoms with Crippen LogP contribution in [0.3, 0.4) is 0 Å². The van der Waals surface area contributed by atoms with Gasteiger partial charge < -0.3 is 9.64 Å². The largest absolute Gasteiger partial charge is 0.483 e. The van der Waals surface area contributed by atoms with Crippen molar-refractivity contribution in [3.8, 4) is 0 Å². The Labute approximate surface area is 99.9 Å². The van der Waals surface area contributed by atoms with Crippen LogP contribution in [0.15, 0.2) is 29.3 Å². The molecular weight excluding hydrogens is 216 g/mol.